The zero-order valence-corrected chi connectivity index (χ0v) is 14.3. The summed E-state index contributed by atoms with van der Waals surface area (Å²) in [6, 6.07) is 12.7. The Hall–Kier alpha value is -2.62. The van der Waals surface area contributed by atoms with Gasteiger partial charge in [0, 0.05) is 5.69 Å². The van der Waals surface area contributed by atoms with Gasteiger partial charge in [0.05, 0.1) is 17.7 Å². The van der Waals surface area contributed by atoms with Crippen molar-refractivity contribution < 1.29 is 9.59 Å². The van der Waals surface area contributed by atoms with Crippen LogP contribution in [0.5, 0.6) is 0 Å². The Morgan fingerprint density at radius 2 is 1.58 bits per heavy atom. The number of anilines is 1. The summed E-state index contributed by atoms with van der Waals surface area (Å²) < 4.78 is 0. The lowest BCUT2D eigenvalue weighted by atomic mass is 9.80. The normalized spacial score (nSPS) is 14.2. The summed E-state index contributed by atoms with van der Waals surface area (Å²) in [5.41, 5.74) is 9.75. The van der Waals surface area contributed by atoms with Crippen molar-refractivity contribution in [2.24, 2.45) is 0 Å². The van der Waals surface area contributed by atoms with Crippen molar-refractivity contribution in [1.29, 1.82) is 0 Å². The first-order valence-corrected chi connectivity index (χ1v) is 8.19. The molecule has 4 nitrogen and oxygen atoms in total. The molecule has 1 heterocycles. The van der Waals surface area contributed by atoms with E-state index in [2.05, 4.69) is 20.8 Å². The Bertz CT molecular complexity index is 789. The average Bonchev–Trinajstić information content (AvgIpc) is 2.82. The summed E-state index contributed by atoms with van der Waals surface area (Å²) in [5.74, 6) is -0.465. The fourth-order valence-electron chi connectivity index (χ4n) is 3.04. The minimum absolute atomic E-state index is 0.0535. The topological polar surface area (TPSA) is 63.4 Å². The first kappa shape index (κ1) is 16.2. The molecular formula is C20H22N2O2. The highest BCUT2D eigenvalue weighted by Crippen LogP contribution is 2.33. The highest BCUT2D eigenvalue weighted by Gasteiger charge is 2.35. The standard InChI is InChI=1S/C20H22N2O2/c1-4-20(2,3)16-11-13(9-10-17(16)21)12-22-18(23)14-7-5-6-8-15(14)19(22)24/h5-11H,4,12,21H2,1-3H3. The van der Waals surface area contributed by atoms with Crippen molar-refractivity contribution in [3.8, 4) is 0 Å². The molecular weight excluding hydrogens is 300 g/mol. The molecule has 1 aliphatic rings. The van der Waals surface area contributed by atoms with Gasteiger partial charge in [0.15, 0.2) is 0 Å². The highest BCUT2D eigenvalue weighted by molar-refractivity contribution is 6.21. The minimum Gasteiger partial charge on any atom is -0.398 e. The van der Waals surface area contributed by atoms with Crippen LogP contribution in [0.25, 0.3) is 0 Å². The van der Waals surface area contributed by atoms with Crippen LogP contribution in [-0.2, 0) is 12.0 Å². The zero-order valence-electron chi connectivity index (χ0n) is 14.3. The average molecular weight is 322 g/mol. The molecule has 1 aliphatic heterocycles. The Kier molecular flexibility index (Phi) is 3.91. The number of hydrogen-bond acceptors (Lipinski definition) is 3. The van der Waals surface area contributed by atoms with Crippen molar-refractivity contribution in [3.63, 3.8) is 0 Å². The number of imide groups is 1. The molecule has 0 radical (unpaired) electrons. The summed E-state index contributed by atoms with van der Waals surface area (Å²) in [6.45, 7) is 6.67. The minimum atomic E-state index is -0.233. The summed E-state index contributed by atoms with van der Waals surface area (Å²) in [4.78, 5) is 26.3. The maximum atomic E-state index is 12.5. The van der Waals surface area contributed by atoms with Gasteiger partial charge in [-0.1, -0.05) is 45.0 Å². The van der Waals surface area contributed by atoms with Gasteiger partial charge in [-0.05, 0) is 41.2 Å². The monoisotopic (exact) mass is 322 g/mol. The summed E-state index contributed by atoms with van der Waals surface area (Å²) >= 11 is 0. The molecule has 0 spiro atoms. The van der Waals surface area contributed by atoms with Crippen LogP contribution in [0.3, 0.4) is 0 Å². The number of rotatable bonds is 4. The van der Waals surface area contributed by atoms with E-state index in [1.807, 2.05) is 18.2 Å². The molecule has 124 valence electrons. The van der Waals surface area contributed by atoms with Crippen LogP contribution in [0, 0.1) is 0 Å². The number of nitrogens with two attached hydrogens (primary N) is 1. The summed E-state index contributed by atoms with van der Waals surface area (Å²) in [7, 11) is 0. The van der Waals surface area contributed by atoms with Crippen molar-refractivity contribution in [2.45, 2.75) is 39.2 Å². The van der Waals surface area contributed by atoms with Gasteiger partial charge in [0.2, 0.25) is 0 Å². The van der Waals surface area contributed by atoms with Gasteiger partial charge in [0.25, 0.3) is 11.8 Å². The number of hydrogen-bond donors (Lipinski definition) is 1. The lowest BCUT2D eigenvalue weighted by molar-refractivity contribution is 0.0642. The maximum absolute atomic E-state index is 12.5. The first-order chi connectivity index (χ1) is 11.3. The number of carbonyl (C=O) groups is 2. The van der Waals surface area contributed by atoms with E-state index in [1.54, 1.807) is 24.3 Å². The smallest absolute Gasteiger partial charge is 0.261 e. The fraction of sp³-hybridized carbons (Fsp3) is 0.300. The van der Waals surface area contributed by atoms with Crippen LogP contribution >= 0.6 is 0 Å². The molecule has 0 fully saturated rings. The van der Waals surface area contributed by atoms with Gasteiger partial charge in [-0.15, -0.1) is 0 Å². The van der Waals surface area contributed by atoms with Gasteiger partial charge >= 0.3 is 0 Å². The van der Waals surface area contributed by atoms with Crippen LogP contribution in [0.1, 0.15) is 59.0 Å². The number of amides is 2. The molecule has 0 saturated heterocycles. The molecule has 2 aromatic carbocycles. The third-order valence-electron chi connectivity index (χ3n) is 4.95. The second-order valence-corrected chi connectivity index (χ2v) is 6.90. The maximum Gasteiger partial charge on any atom is 0.261 e. The zero-order chi connectivity index (χ0) is 17.5. The molecule has 24 heavy (non-hydrogen) atoms. The van der Waals surface area contributed by atoms with E-state index in [0.29, 0.717) is 11.1 Å². The molecule has 3 rings (SSSR count). The molecule has 4 heteroatoms. The molecule has 2 N–H and O–H groups in total. The Labute approximate surface area is 142 Å². The lowest BCUT2D eigenvalue weighted by Crippen LogP contribution is -2.29. The van der Waals surface area contributed by atoms with Gasteiger partial charge in [-0.3, -0.25) is 14.5 Å². The number of fused-ring (bicyclic) bond motifs is 1. The SMILES string of the molecule is CCC(C)(C)c1cc(CN2C(=O)c3ccccc3C2=O)ccc1N. The van der Waals surface area contributed by atoms with Crippen LogP contribution in [0.4, 0.5) is 5.69 Å². The van der Waals surface area contributed by atoms with E-state index in [9.17, 15) is 9.59 Å². The Balaban J connectivity index is 1.92. The Morgan fingerprint density at radius 1 is 1.00 bits per heavy atom. The predicted octanol–water partition coefficient (Wildman–Crippen LogP) is 3.75. The van der Waals surface area contributed by atoms with Crippen molar-refractivity contribution in [2.75, 3.05) is 5.73 Å². The predicted molar refractivity (Wildman–Crippen MR) is 94.8 cm³/mol. The van der Waals surface area contributed by atoms with Gasteiger partial charge in [-0.2, -0.15) is 0 Å². The largest absolute Gasteiger partial charge is 0.398 e. The number of benzene rings is 2. The third kappa shape index (κ3) is 2.58. The molecule has 0 aliphatic carbocycles. The van der Waals surface area contributed by atoms with Gasteiger partial charge in [-0.25, -0.2) is 0 Å². The van der Waals surface area contributed by atoms with E-state index in [1.165, 1.54) is 4.90 Å². The van der Waals surface area contributed by atoms with Crippen LogP contribution in [0.15, 0.2) is 42.5 Å². The number of carbonyl (C=O) groups excluding carboxylic acids is 2. The molecule has 0 unspecified atom stereocenters. The van der Waals surface area contributed by atoms with Crippen molar-refractivity contribution in [3.05, 3.63) is 64.7 Å². The quantitative estimate of drug-likeness (QED) is 0.689. The van der Waals surface area contributed by atoms with E-state index in [4.69, 9.17) is 5.73 Å². The van der Waals surface area contributed by atoms with Gasteiger partial charge < -0.3 is 5.73 Å². The lowest BCUT2D eigenvalue weighted by Gasteiger charge is -2.26. The van der Waals surface area contributed by atoms with Crippen molar-refractivity contribution >= 4 is 17.5 Å². The molecule has 2 aromatic rings. The second kappa shape index (κ2) is 5.78. The van der Waals surface area contributed by atoms with Crippen LogP contribution < -0.4 is 5.73 Å². The molecule has 0 atom stereocenters. The van der Waals surface area contributed by atoms with E-state index in [0.717, 1.165) is 23.2 Å². The number of nitrogen functional groups attached to an aromatic ring is 1. The fourth-order valence-corrected chi connectivity index (χ4v) is 3.04. The molecule has 2 amide bonds. The molecule has 0 saturated carbocycles. The summed E-state index contributed by atoms with van der Waals surface area (Å²) in [5, 5.41) is 0. The van der Waals surface area contributed by atoms with Crippen LogP contribution in [0.2, 0.25) is 0 Å². The first-order valence-electron chi connectivity index (χ1n) is 8.19. The van der Waals surface area contributed by atoms with Crippen LogP contribution in [-0.4, -0.2) is 16.7 Å². The van der Waals surface area contributed by atoms with E-state index >= 15 is 0 Å². The van der Waals surface area contributed by atoms with Gasteiger partial charge in [0.1, 0.15) is 0 Å². The second-order valence-electron chi connectivity index (χ2n) is 6.90. The summed E-state index contributed by atoms with van der Waals surface area (Å²) in [6.07, 6.45) is 0.952. The molecule has 0 bridgehead atoms. The van der Waals surface area contributed by atoms with E-state index in [-0.39, 0.29) is 23.8 Å². The highest BCUT2D eigenvalue weighted by atomic mass is 16.2. The van der Waals surface area contributed by atoms with E-state index < -0.39 is 0 Å². The Morgan fingerprint density at radius 3 is 2.12 bits per heavy atom. The van der Waals surface area contributed by atoms with Crippen molar-refractivity contribution in [1.82, 2.24) is 4.90 Å². The molecule has 0 aromatic heterocycles. The number of nitrogens with zero attached hydrogens (tertiary/aromatic N) is 1. The third-order valence-corrected chi connectivity index (χ3v) is 4.95.